The molecule has 3 rings (SSSR count). The van der Waals surface area contributed by atoms with E-state index in [9.17, 15) is 8.42 Å². The molecule has 2 aromatic heterocycles. The van der Waals surface area contributed by atoms with Crippen molar-refractivity contribution in [1.29, 1.82) is 0 Å². The predicted octanol–water partition coefficient (Wildman–Crippen LogP) is 0.666. The molecule has 0 spiro atoms. The minimum absolute atomic E-state index is 0.326. The van der Waals surface area contributed by atoms with Crippen molar-refractivity contribution < 1.29 is 8.42 Å². The van der Waals surface area contributed by atoms with Gasteiger partial charge in [0.05, 0.1) is 17.9 Å². The van der Waals surface area contributed by atoms with Gasteiger partial charge in [0.2, 0.25) is 10.0 Å². The summed E-state index contributed by atoms with van der Waals surface area (Å²) >= 11 is 0. The summed E-state index contributed by atoms with van der Waals surface area (Å²) in [4.78, 5) is 0.326. The lowest BCUT2D eigenvalue weighted by atomic mass is 10.1. The second-order valence-electron chi connectivity index (χ2n) is 6.16. The molecule has 3 heterocycles. The van der Waals surface area contributed by atoms with Gasteiger partial charge >= 0.3 is 0 Å². The normalized spacial score (nSPS) is 17.4. The van der Waals surface area contributed by atoms with Crippen molar-refractivity contribution in [1.82, 2.24) is 29.6 Å². The quantitative estimate of drug-likeness (QED) is 0.796. The molecule has 24 heavy (non-hydrogen) atoms. The van der Waals surface area contributed by atoms with Crippen molar-refractivity contribution in [3.8, 4) is 0 Å². The largest absolute Gasteiger partial charge is 0.312 e. The molecule has 1 aliphatic heterocycles. The highest BCUT2D eigenvalue weighted by Gasteiger charge is 2.32. The first-order chi connectivity index (χ1) is 11.5. The van der Waals surface area contributed by atoms with Gasteiger partial charge in [0, 0.05) is 38.1 Å². The molecule has 2 aromatic rings. The van der Waals surface area contributed by atoms with Gasteiger partial charge in [0.15, 0.2) is 0 Å². The SMILES string of the molecule is Cc1n[nH]c(C)c1S(=O)(=O)N1CCC(NCCn2cccn2)CC1. The van der Waals surface area contributed by atoms with Crippen LogP contribution >= 0.6 is 0 Å². The molecule has 2 N–H and O–H groups in total. The van der Waals surface area contributed by atoms with Crippen LogP contribution < -0.4 is 5.32 Å². The third-order valence-electron chi connectivity index (χ3n) is 4.45. The second-order valence-corrected chi connectivity index (χ2v) is 8.04. The molecule has 0 amide bonds. The third kappa shape index (κ3) is 3.52. The van der Waals surface area contributed by atoms with Gasteiger partial charge in [-0.2, -0.15) is 14.5 Å². The summed E-state index contributed by atoms with van der Waals surface area (Å²) in [5.74, 6) is 0. The van der Waals surface area contributed by atoms with Crippen LogP contribution in [0.4, 0.5) is 0 Å². The summed E-state index contributed by atoms with van der Waals surface area (Å²) in [5, 5.41) is 14.4. The number of aromatic nitrogens is 4. The van der Waals surface area contributed by atoms with Crippen LogP contribution in [0.2, 0.25) is 0 Å². The van der Waals surface area contributed by atoms with E-state index in [0.717, 1.165) is 25.9 Å². The molecule has 1 saturated heterocycles. The van der Waals surface area contributed by atoms with Gasteiger partial charge in [-0.25, -0.2) is 8.42 Å². The Balaban J connectivity index is 1.53. The molecule has 0 aliphatic carbocycles. The molecule has 0 radical (unpaired) electrons. The molecular formula is C15H24N6O2S. The molecule has 0 saturated carbocycles. The van der Waals surface area contributed by atoms with Gasteiger partial charge in [-0.3, -0.25) is 9.78 Å². The standard InChI is InChI=1S/C15H24N6O2S/c1-12-15(13(2)19-18-12)24(22,23)21-9-4-14(5-10-21)16-7-11-20-8-3-6-17-20/h3,6,8,14,16H,4-5,7,9-11H2,1-2H3,(H,18,19). The Morgan fingerprint density at radius 1 is 1.33 bits per heavy atom. The van der Waals surface area contributed by atoms with Gasteiger partial charge in [0.25, 0.3) is 0 Å². The van der Waals surface area contributed by atoms with E-state index < -0.39 is 10.0 Å². The fourth-order valence-electron chi connectivity index (χ4n) is 3.17. The number of rotatable bonds is 6. The fourth-order valence-corrected chi connectivity index (χ4v) is 4.97. The highest BCUT2D eigenvalue weighted by Crippen LogP contribution is 2.24. The van der Waals surface area contributed by atoms with E-state index in [1.807, 2.05) is 16.9 Å². The van der Waals surface area contributed by atoms with Crippen LogP contribution in [-0.2, 0) is 16.6 Å². The van der Waals surface area contributed by atoms with Gasteiger partial charge in [0.1, 0.15) is 4.90 Å². The molecular weight excluding hydrogens is 328 g/mol. The van der Waals surface area contributed by atoms with E-state index in [-0.39, 0.29) is 0 Å². The monoisotopic (exact) mass is 352 g/mol. The number of nitrogens with zero attached hydrogens (tertiary/aromatic N) is 4. The molecule has 0 unspecified atom stereocenters. The summed E-state index contributed by atoms with van der Waals surface area (Å²) in [6, 6.07) is 2.25. The topological polar surface area (TPSA) is 95.9 Å². The Kier molecular flexibility index (Phi) is 5.02. The summed E-state index contributed by atoms with van der Waals surface area (Å²) in [6.45, 7) is 6.19. The van der Waals surface area contributed by atoms with Gasteiger partial charge in [-0.05, 0) is 32.8 Å². The van der Waals surface area contributed by atoms with Crippen molar-refractivity contribution in [2.75, 3.05) is 19.6 Å². The molecule has 8 nitrogen and oxygen atoms in total. The lowest BCUT2D eigenvalue weighted by molar-refractivity contribution is 0.287. The van der Waals surface area contributed by atoms with Crippen LogP contribution in [0.5, 0.6) is 0 Å². The van der Waals surface area contributed by atoms with Gasteiger partial charge < -0.3 is 5.32 Å². The van der Waals surface area contributed by atoms with Crippen molar-refractivity contribution in [2.45, 2.75) is 44.2 Å². The molecule has 1 aliphatic rings. The van der Waals surface area contributed by atoms with E-state index in [1.54, 1.807) is 24.3 Å². The average molecular weight is 352 g/mol. The molecule has 0 bridgehead atoms. The Morgan fingerprint density at radius 3 is 2.67 bits per heavy atom. The Labute approximate surface area is 142 Å². The fraction of sp³-hybridized carbons (Fsp3) is 0.600. The number of H-pyrrole nitrogens is 1. The molecule has 9 heteroatoms. The van der Waals surface area contributed by atoms with Crippen LogP contribution in [0, 0.1) is 13.8 Å². The number of nitrogens with one attached hydrogen (secondary N) is 2. The van der Waals surface area contributed by atoms with E-state index in [1.165, 1.54) is 0 Å². The first-order valence-electron chi connectivity index (χ1n) is 8.21. The summed E-state index contributed by atoms with van der Waals surface area (Å²) in [5.41, 5.74) is 1.14. The number of hydrogen-bond acceptors (Lipinski definition) is 5. The molecule has 132 valence electrons. The zero-order valence-electron chi connectivity index (χ0n) is 14.1. The van der Waals surface area contributed by atoms with Crippen LogP contribution in [0.3, 0.4) is 0 Å². The maximum absolute atomic E-state index is 12.8. The second kappa shape index (κ2) is 7.04. The number of piperidine rings is 1. The van der Waals surface area contributed by atoms with Crippen molar-refractivity contribution in [3.63, 3.8) is 0 Å². The van der Waals surface area contributed by atoms with Crippen LogP contribution in [0.15, 0.2) is 23.4 Å². The van der Waals surface area contributed by atoms with E-state index in [2.05, 4.69) is 20.6 Å². The smallest absolute Gasteiger partial charge is 0.246 e. The zero-order valence-corrected chi connectivity index (χ0v) is 14.9. The Bertz CT molecular complexity index is 740. The molecule has 1 fully saturated rings. The van der Waals surface area contributed by atoms with E-state index in [0.29, 0.717) is 35.4 Å². The average Bonchev–Trinajstić information content (AvgIpc) is 3.18. The van der Waals surface area contributed by atoms with Crippen molar-refractivity contribution in [3.05, 3.63) is 29.8 Å². The molecule has 0 atom stereocenters. The van der Waals surface area contributed by atoms with Crippen molar-refractivity contribution >= 4 is 10.0 Å². The van der Waals surface area contributed by atoms with E-state index in [4.69, 9.17) is 0 Å². The lowest BCUT2D eigenvalue weighted by Crippen LogP contribution is -2.45. The first-order valence-corrected chi connectivity index (χ1v) is 9.65. The maximum Gasteiger partial charge on any atom is 0.246 e. The number of hydrogen-bond donors (Lipinski definition) is 2. The van der Waals surface area contributed by atoms with E-state index >= 15 is 0 Å². The number of sulfonamides is 1. The zero-order chi connectivity index (χ0) is 17.2. The van der Waals surface area contributed by atoms with Gasteiger partial charge in [-0.15, -0.1) is 0 Å². The number of aryl methyl sites for hydroxylation is 2. The Hall–Kier alpha value is -1.71. The van der Waals surface area contributed by atoms with Crippen molar-refractivity contribution in [2.24, 2.45) is 0 Å². The summed E-state index contributed by atoms with van der Waals surface area (Å²) < 4.78 is 29.1. The number of aromatic amines is 1. The Morgan fingerprint density at radius 2 is 2.08 bits per heavy atom. The predicted molar refractivity (Wildman–Crippen MR) is 90.1 cm³/mol. The van der Waals surface area contributed by atoms with Crippen LogP contribution in [-0.4, -0.2) is 58.4 Å². The van der Waals surface area contributed by atoms with Crippen LogP contribution in [0.1, 0.15) is 24.2 Å². The minimum Gasteiger partial charge on any atom is -0.312 e. The first kappa shape index (κ1) is 17.1. The summed E-state index contributed by atoms with van der Waals surface area (Å²) in [6.07, 6.45) is 5.33. The highest BCUT2D eigenvalue weighted by molar-refractivity contribution is 7.89. The van der Waals surface area contributed by atoms with Crippen LogP contribution in [0.25, 0.3) is 0 Å². The highest BCUT2D eigenvalue weighted by atomic mass is 32.2. The molecule has 0 aromatic carbocycles. The maximum atomic E-state index is 12.8. The summed E-state index contributed by atoms with van der Waals surface area (Å²) in [7, 11) is -3.46. The third-order valence-corrected chi connectivity index (χ3v) is 6.61. The van der Waals surface area contributed by atoms with Gasteiger partial charge in [-0.1, -0.05) is 0 Å². The minimum atomic E-state index is -3.46. The lowest BCUT2D eigenvalue weighted by Gasteiger charge is -2.31.